The normalized spacial score (nSPS) is 10.4. The van der Waals surface area contributed by atoms with Crippen molar-refractivity contribution in [3.63, 3.8) is 0 Å². The Labute approximate surface area is 126 Å². The Balaban J connectivity index is 1.96. The van der Waals surface area contributed by atoms with Gasteiger partial charge in [-0.25, -0.2) is 0 Å². The Morgan fingerprint density at radius 2 is 1.48 bits per heavy atom. The molecule has 0 saturated heterocycles. The Hall–Kier alpha value is -2.00. The van der Waals surface area contributed by atoms with Crippen LogP contribution >= 0.6 is 0 Å². The molecule has 2 aromatic carbocycles. The third-order valence-corrected chi connectivity index (χ3v) is 3.29. The second-order valence-electron chi connectivity index (χ2n) is 4.82. The van der Waals surface area contributed by atoms with Crippen LogP contribution in [-0.4, -0.2) is 20.2 Å². The Morgan fingerprint density at radius 3 is 2.10 bits per heavy atom. The zero-order valence-corrected chi connectivity index (χ0v) is 12.8. The summed E-state index contributed by atoms with van der Waals surface area (Å²) in [5.41, 5.74) is 2.57. The molecule has 0 spiro atoms. The molecule has 0 radical (unpaired) electrons. The van der Waals surface area contributed by atoms with Gasteiger partial charge in [-0.15, -0.1) is 0 Å². The summed E-state index contributed by atoms with van der Waals surface area (Å²) in [5.74, 6) is 1.74. The lowest BCUT2D eigenvalue weighted by atomic mass is 10.1. The van der Waals surface area contributed by atoms with E-state index in [9.17, 15) is 0 Å². The topological polar surface area (TPSA) is 30.5 Å². The van der Waals surface area contributed by atoms with E-state index in [2.05, 4.69) is 29.6 Å². The highest BCUT2D eigenvalue weighted by Gasteiger charge is 2.03. The maximum absolute atomic E-state index is 5.87. The van der Waals surface area contributed by atoms with E-state index in [-0.39, 0.29) is 0 Å². The first kappa shape index (κ1) is 15.4. The summed E-state index contributed by atoms with van der Waals surface area (Å²) >= 11 is 0. The van der Waals surface area contributed by atoms with E-state index in [0.717, 1.165) is 24.5 Å². The average Bonchev–Trinajstić information content (AvgIpc) is 2.53. The van der Waals surface area contributed by atoms with Crippen LogP contribution in [-0.2, 0) is 13.0 Å². The molecule has 0 saturated carbocycles. The van der Waals surface area contributed by atoms with Crippen LogP contribution in [0.5, 0.6) is 11.5 Å². The average molecular weight is 285 g/mol. The molecule has 112 valence electrons. The van der Waals surface area contributed by atoms with Gasteiger partial charge in [0, 0.05) is 0 Å². The van der Waals surface area contributed by atoms with Crippen molar-refractivity contribution in [1.82, 2.24) is 5.32 Å². The number of rotatable bonds is 8. The molecule has 21 heavy (non-hydrogen) atoms. The fourth-order valence-electron chi connectivity index (χ4n) is 2.16. The van der Waals surface area contributed by atoms with Gasteiger partial charge >= 0.3 is 0 Å². The van der Waals surface area contributed by atoms with Gasteiger partial charge in [-0.1, -0.05) is 24.3 Å². The third kappa shape index (κ3) is 4.80. The van der Waals surface area contributed by atoms with Crippen LogP contribution < -0.4 is 14.8 Å². The van der Waals surface area contributed by atoms with Gasteiger partial charge < -0.3 is 14.8 Å². The highest BCUT2D eigenvalue weighted by atomic mass is 16.5. The fourth-order valence-corrected chi connectivity index (χ4v) is 2.16. The van der Waals surface area contributed by atoms with Crippen molar-refractivity contribution >= 4 is 0 Å². The molecule has 0 aliphatic heterocycles. The summed E-state index contributed by atoms with van der Waals surface area (Å²) in [7, 11) is 1.97. The molecule has 1 N–H and O–H groups in total. The lowest BCUT2D eigenvalue weighted by Gasteiger charge is -2.11. The molecule has 0 unspecified atom stereocenters. The second-order valence-corrected chi connectivity index (χ2v) is 4.82. The summed E-state index contributed by atoms with van der Waals surface area (Å²) in [4.78, 5) is 0. The first-order valence-corrected chi connectivity index (χ1v) is 7.40. The van der Waals surface area contributed by atoms with Gasteiger partial charge in [-0.05, 0) is 62.3 Å². The van der Waals surface area contributed by atoms with E-state index in [1.807, 2.05) is 38.2 Å². The number of hydrogen-bond acceptors (Lipinski definition) is 3. The summed E-state index contributed by atoms with van der Waals surface area (Å²) in [6, 6.07) is 16.2. The number of nitrogens with one attached hydrogen (secondary N) is 1. The quantitative estimate of drug-likeness (QED) is 0.806. The van der Waals surface area contributed by atoms with Gasteiger partial charge in [-0.3, -0.25) is 0 Å². The number of ether oxygens (including phenoxy) is 2. The van der Waals surface area contributed by atoms with Crippen molar-refractivity contribution < 1.29 is 9.47 Å². The van der Waals surface area contributed by atoms with Crippen LogP contribution in [0, 0.1) is 0 Å². The first-order valence-electron chi connectivity index (χ1n) is 7.40. The Bertz CT molecular complexity index is 537. The van der Waals surface area contributed by atoms with E-state index in [0.29, 0.717) is 13.2 Å². The highest BCUT2D eigenvalue weighted by molar-refractivity contribution is 5.32. The molecule has 0 aliphatic carbocycles. The van der Waals surface area contributed by atoms with Crippen LogP contribution in [0.15, 0.2) is 48.5 Å². The third-order valence-electron chi connectivity index (χ3n) is 3.29. The predicted octanol–water partition coefficient (Wildman–Crippen LogP) is 3.43. The monoisotopic (exact) mass is 285 g/mol. The lowest BCUT2D eigenvalue weighted by molar-refractivity contribution is 0.303. The van der Waals surface area contributed by atoms with Gasteiger partial charge in [-0.2, -0.15) is 0 Å². The van der Waals surface area contributed by atoms with Crippen molar-refractivity contribution in [2.45, 2.75) is 20.0 Å². The maximum Gasteiger partial charge on any atom is 0.120 e. The fraction of sp³-hybridized carbons (Fsp3) is 0.333. The summed E-state index contributed by atoms with van der Waals surface area (Å²) in [5, 5.41) is 3.18. The summed E-state index contributed by atoms with van der Waals surface area (Å²) in [6.45, 7) is 4.22. The summed E-state index contributed by atoms with van der Waals surface area (Å²) < 4.78 is 11.3. The number of benzene rings is 2. The molecule has 2 aromatic rings. The van der Waals surface area contributed by atoms with E-state index >= 15 is 0 Å². The smallest absolute Gasteiger partial charge is 0.120 e. The van der Waals surface area contributed by atoms with Crippen LogP contribution in [0.3, 0.4) is 0 Å². The Morgan fingerprint density at radius 1 is 0.857 bits per heavy atom. The van der Waals surface area contributed by atoms with E-state index in [1.165, 1.54) is 11.1 Å². The van der Waals surface area contributed by atoms with Crippen molar-refractivity contribution in [3.8, 4) is 11.5 Å². The van der Waals surface area contributed by atoms with Crippen LogP contribution in [0.25, 0.3) is 0 Å². The van der Waals surface area contributed by atoms with E-state index < -0.39 is 0 Å². The minimum Gasteiger partial charge on any atom is -0.494 e. The van der Waals surface area contributed by atoms with Crippen molar-refractivity contribution in [3.05, 3.63) is 59.7 Å². The zero-order valence-electron chi connectivity index (χ0n) is 12.8. The van der Waals surface area contributed by atoms with Gasteiger partial charge in [0.1, 0.15) is 18.1 Å². The SMILES string of the molecule is CCOc1ccc(OCc2ccccc2CCNC)cc1. The van der Waals surface area contributed by atoms with E-state index in [1.54, 1.807) is 0 Å². The molecule has 0 bridgehead atoms. The molecule has 0 fully saturated rings. The van der Waals surface area contributed by atoms with Gasteiger partial charge in [0.15, 0.2) is 0 Å². The van der Waals surface area contributed by atoms with Crippen molar-refractivity contribution in [1.29, 1.82) is 0 Å². The molecule has 0 heterocycles. The van der Waals surface area contributed by atoms with E-state index in [4.69, 9.17) is 9.47 Å². The van der Waals surface area contributed by atoms with Crippen LogP contribution in [0.2, 0.25) is 0 Å². The lowest BCUT2D eigenvalue weighted by Crippen LogP contribution is -2.12. The molecule has 0 atom stereocenters. The number of hydrogen-bond donors (Lipinski definition) is 1. The number of likely N-dealkylation sites (N-methyl/N-ethyl adjacent to an activating group) is 1. The largest absolute Gasteiger partial charge is 0.494 e. The van der Waals surface area contributed by atoms with Gasteiger partial charge in [0.05, 0.1) is 6.61 Å². The predicted molar refractivity (Wildman–Crippen MR) is 86.0 cm³/mol. The molecule has 0 amide bonds. The molecular weight excluding hydrogens is 262 g/mol. The van der Waals surface area contributed by atoms with Crippen LogP contribution in [0.1, 0.15) is 18.1 Å². The standard InChI is InChI=1S/C18H23NO2/c1-3-20-17-8-10-18(11-9-17)21-14-16-7-5-4-6-15(16)12-13-19-2/h4-11,19H,3,12-14H2,1-2H3. The molecule has 2 rings (SSSR count). The molecule has 3 nitrogen and oxygen atoms in total. The maximum atomic E-state index is 5.87. The Kier molecular flexibility index (Phi) is 6.10. The minimum atomic E-state index is 0.591. The molecule has 0 aromatic heterocycles. The van der Waals surface area contributed by atoms with Crippen molar-refractivity contribution in [2.75, 3.05) is 20.2 Å². The summed E-state index contributed by atoms with van der Waals surface area (Å²) in [6.07, 6.45) is 1.01. The van der Waals surface area contributed by atoms with Crippen molar-refractivity contribution in [2.24, 2.45) is 0 Å². The highest BCUT2D eigenvalue weighted by Crippen LogP contribution is 2.19. The van der Waals surface area contributed by atoms with Crippen LogP contribution in [0.4, 0.5) is 0 Å². The molecular formula is C18H23NO2. The van der Waals surface area contributed by atoms with Gasteiger partial charge in [0.25, 0.3) is 0 Å². The molecule has 0 aliphatic rings. The zero-order chi connectivity index (χ0) is 14.9. The second kappa shape index (κ2) is 8.32. The first-order chi connectivity index (χ1) is 10.3. The van der Waals surface area contributed by atoms with Gasteiger partial charge in [0.2, 0.25) is 0 Å². The minimum absolute atomic E-state index is 0.591. The molecule has 3 heteroatoms.